The number of hydrogen-bond donors (Lipinski definition) is 2. The molecule has 0 aromatic heterocycles. The van der Waals surface area contributed by atoms with E-state index >= 15 is 0 Å². The number of urea groups is 1. The van der Waals surface area contributed by atoms with Crippen molar-refractivity contribution in [2.45, 2.75) is 6.04 Å². The van der Waals surface area contributed by atoms with Crippen molar-refractivity contribution in [3.05, 3.63) is 0 Å². The Bertz CT molecular complexity index is 176. The molecule has 0 unspecified atom stereocenters. The van der Waals surface area contributed by atoms with E-state index < -0.39 is 18.0 Å². The summed E-state index contributed by atoms with van der Waals surface area (Å²) in [4.78, 5) is 22.6. The molecule has 1 aliphatic heterocycles. The van der Waals surface area contributed by atoms with Crippen molar-refractivity contribution in [1.29, 1.82) is 0 Å². The predicted octanol–water partition coefficient (Wildman–Crippen LogP) is -1.07. The summed E-state index contributed by atoms with van der Waals surface area (Å²) in [6.45, 7) is 0. The minimum Gasteiger partial charge on any atom is -0.368 e. The molecule has 11 heavy (non-hydrogen) atoms. The van der Waals surface area contributed by atoms with Crippen molar-refractivity contribution >= 4 is 23.7 Å². The molecule has 0 aliphatic carbocycles. The molecule has 6 heteroatoms. The number of carbonyl (C=O) groups excluding carboxylic acids is 2. The van der Waals surface area contributed by atoms with Gasteiger partial charge >= 0.3 is 6.03 Å². The standard InChI is InChI=1S/C5H9N3O2S/c6-4(9)3-1-11-2-8(3)5(7)10/h3H,1-2H2,(H2,6,9)(H2,7,10)/t3-/m1/s1. The molecule has 1 heterocycles. The second-order valence-corrected chi connectivity index (χ2v) is 3.23. The van der Waals surface area contributed by atoms with E-state index in [2.05, 4.69) is 0 Å². The van der Waals surface area contributed by atoms with E-state index in [-0.39, 0.29) is 0 Å². The lowest BCUT2D eigenvalue weighted by atomic mass is 10.3. The highest BCUT2D eigenvalue weighted by Gasteiger charge is 2.31. The molecule has 5 nitrogen and oxygen atoms in total. The van der Waals surface area contributed by atoms with Crippen molar-refractivity contribution < 1.29 is 9.59 Å². The molecule has 1 saturated heterocycles. The fourth-order valence-corrected chi connectivity index (χ4v) is 2.07. The number of nitrogens with zero attached hydrogens (tertiary/aromatic N) is 1. The summed E-state index contributed by atoms with van der Waals surface area (Å²) in [7, 11) is 0. The summed E-state index contributed by atoms with van der Waals surface area (Å²) < 4.78 is 0. The molecule has 0 radical (unpaired) electrons. The summed E-state index contributed by atoms with van der Waals surface area (Å²) in [5.74, 6) is 0.523. The lowest BCUT2D eigenvalue weighted by molar-refractivity contribution is -0.121. The van der Waals surface area contributed by atoms with Gasteiger partial charge in [0.05, 0.1) is 5.88 Å². The number of thioether (sulfide) groups is 1. The highest BCUT2D eigenvalue weighted by atomic mass is 32.2. The average Bonchev–Trinajstić information content (AvgIpc) is 2.32. The van der Waals surface area contributed by atoms with Crippen molar-refractivity contribution in [3.63, 3.8) is 0 Å². The van der Waals surface area contributed by atoms with Crippen LogP contribution in [0.3, 0.4) is 0 Å². The van der Waals surface area contributed by atoms with Crippen LogP contribution in [0.2, 0.25) is 0 Å². The van der Waals surface area contributed by atoms with Gasteiger partial charge in [0.15, 0.2) is 0 Å². The third-order valence-corrected chi connectivity index (χ3v) is 2.51. The Morgan fingerprint density at radius 3 is 2.45 bits per heavy atom. The van der Waals surface area contributed by atoms with Crippen LogP contribution >= 0.6 is 11.8 Å². The smallest absolute Gasteiger partial charge is 0.316 e. The summed E-state index contributed by atoms with van der Waals surface area (Å²) in [6.07, 6.45) is 0. The topological polar surface area (TPSA) is 89.4 Å². The maximum Gasteiger partial charge on any atom is 0.316 e. The molecule has 1 rings (SSSR count). The zero-order valence-electron chi connectivity index (χ0n) is 5.82. The number of amides is 3. The van der Waals surface area contributed by atoms with Gasteiger partial charge in [0.1, 0.15) is 6.04 Å². The van der Waals surface area contributed by atoms with Crippen molar-refractivity contribution in [2.75, 3.05) is 11.6 Å². The molecule has 1 atom stereocenters. The molecule has 0 saturated carbocycles. The largest absolute Gasteiger partial charge is 0.368 e. The third-order valence-electron chi connectivity index (χ3n) is 1.49. The lowest BCUT2D eigenvalue weighted by Crippen LogP contribution is -2.47. The van der Waals surface area contributed by atoms with Crippen LogP contribution in [0.15, 0.2) is 0 Å². The van der Waals surface area contributed by atoms with Crippen LogP contribution in [0.4, 0.5) is 4.79 Å². The molecule has 62 valence electrons. The highest BCUT2D eigenvalue weighted by molar-refractivity contribution is 7.99. The van der Waals surface area contributed by atoms with Crippen LogP contribution in [-0.2, 0) is 4.79 Å². The first kappa shape index (κ1) is 8.19. The van der Waals surface area contributed by atoms with Gasteiger partial charge in [0, 0.05) is 5.75 Å². The van der Waals surface area contributed by atoms with E-state index in [1.807, 2.05) is 0 Å². The Morgan fingerprint density at radius 2 is 2.09 bits per heavy atom. The fourth-order valence-electron chi connectivity index (χ4n) is 0.896. The van der Waals surface area contributed by atoms with E-state index in [1.165, 1.54) is 16.7 Å². The average molecular weight is 175 g/mol. The van der Waals surface area contributed by atoms with Gasteiger partial charge in [0.2, 0.25) is 5.91 Å². The van der Waals surface area contributed by atoms with Crippen molar-refractivity contribution in [1.82, 2.24) is 4.90 Å². The molecule has 0 bridgehead atoms. The molecule has 0 aromatic carbocycles. The van der Waals surface area contributed by atoms with Gasteiger partial charge in [0.25, 0.3) is 0 Å². The van der Waals surface area contributed by atoms with Crippen LogP contribution in [0.1, 0.15) is 0 Å². The molecule has 0 aromatic rings. The number of hydrogen-bond acceptors (Lipinski definition) is 3. The van der Waals surface area contributed by atoms with E-state index in [0.717, 1.165) is 0 Å². The zero-order chi connectivity index (χ0) is 8.43. The minimum atomic E-state index is -0.584. The molecular weight excluding hydrogens is 166 g/mol. The van der Waals surface area contributed by atoms with E-state index in [9.17, 15) is 9.59 Å². The number of rotatable bonds is 1. The van der Waals surface area contributed by atoms with Gasteiger partial charge < -0.3 is 16.4 Å². The highest BCUT2D eigenvalue weighted by Crippen LogP contribution is 2.19. The van der Waals surface area contributed by atoms with Gasteiger partial charge in [-0.2, -0.15) is 0 Å². The maximum atomic E-state index is 10.7. The molecule has 0 spiro atoms. The first-order valence-electron chi connectivity index (χ1n) is 3.06. The Morgan fingerprint density at radius 1 is 1.45 bits per heavy atom. The maximum absolute atomic E-state index is 10.7. The summed E-state index contributed by atoms with van der Waals surface area (Å²) >= 11 is 1.47. The van der Waals surface area contributed by atoms with Crippen LogP contribution in [-0.4, -0.2) is 34.5 Å². The molecule has 1 aliphatic rings. The predicted molar refractivity (Wildman–Crippen MR) is 41.7 cm³/mol. The van der Waals surface area contributed by atoms with E-state index in [4.69, 9.17) is 11.5 Å². The molecular formula is C5H9N3O2S. The normalized spacial score (nSPS) is 23.6. The third kappa shape index (κ3) is 1.56. The molecule has 1 fully saturated rings. The fraction of sp³-hybridized carbons (Fsp3) is 0.600. The Kier molecular flexibility index (Phi) is 2.23. The number of carbonyl (C=O) groups is 2. The van der Waals surface area contributed by atoms with E-state index in [0.29, 0.717) is 11.6 Å². The van der Waals surface area contributed by atoms with E-state index in [1.54, 1.807) is 0 Å². The first-order chi connectivity index (χ1) is 5.13. The first-order valence-corrected chi connectivity index (χ1v) is 4.21. The van der Waals surface area contributed by atoms with Gasteiger partial charge in [-0.25, -0.2) is 4.79 Å². The lowest BCUT2D eigenvalue weighted by Gasteiger charge is -2.17. The van der Waals surface area contributed by atoms with Gasteiger partial charge in [-0.05, 0) is 0 Å². The number of nitrogens with two attached hydrogens (primary N) is 2. The quantitative estimate of drug-likeness (QED) is 0.531. The summed E-state index contributed by atoms with van der Waals surface area (Å²) in [6, 6.07) is -1.10. The van der Waals surface area contributed by atoms with Crippen LogP contribution < -0.4 is 11.5 Å². The number of primary amides is 2. The van der Waals surface area contributed by atoms with Gasteiger partial charge in [-0.1, -0.05) is 0 Å². The minimum absolute atomic E-state index is 0.461. The zero-order valence-corrected chi connectivity index (χ0v) is 6.63. The summed E-state index contributed by atoms with van der Waals surface area (Å²) in [5.41, 5.74) is 10.0. The van der Waals surface area contributed by atoms with Crippen LogP contribution in [0.25, 0.3) is 0 Å². The van der Waals surface area contributed by atoms with Gasteiger partial charge in [-0.3, -0.25) is 4.79 Å². The van der Waals surface area contributed by atoms with Crippen molar-refractivity contribution in [3.8, 4) is 0 Å². The second-order valence-electron chi connectivity index (χ2n) is 2.23. The molecule has 4 N–H and O–H groups in total. The Labute approximate surface area is 68.1 Å². The Balaban J connectivity index is 2.65. The molecule has 3 amide bonds. The summed E-state index contributed by atoms with van der Waals surface area (Å²) in [5, 5.41) is 0. The SMILES string of the molecule is NC(=O)[C@H]1CSCN1C(N)=O. The van der Waals surface area contributed by atoms with Crippen LogP contribution in [0.5, 0.6) is 0 Å². The van der Waals surface area contributed by atoms with Crippen LogP contribution in [0, 0.1) is 0 Å². The Hall–Kier alpha value is -0.910. The van der Waals surface area contributed by atoms with Gasteiger partial charge in [-0.15, -0.1) is 11.8 Å². The van der Waals surface area contributed by atoms with Crippen molar-refractivity contribution in [2.24, 2.45) is 11.5 Å². The monoisotopic (exact) mass is 175 g/mol. The second kappa shape index (κ2) is 3.00.